The molecule has 0 atom stereocenters. The molecule has 21 heavy (non-hydrogen) atoms. The molecular formula is C16H14O4S. The van der Waals surface area contributed by atoms with Crippen molar-refractivity contribution in [1.29, 1.82) is 0 Å². The highest BCUT2D eigenvalue weighted by Crippen LogP contribution is 2.25. The molecule has 0 saturated carbocycles. The largest absolute Gasteiger partial charge is 0.497 e. The average Bonchev–Trinajstić information content (AvgIpc) is 2.98. The number of ketones is 1. The van der Waals surface area contributed by atoms with E-state index in [2.05, 4.69) is 0 Å². The maximum Gasteiger partial charge on any atom is 0.336 e. The first-order valence-corrected chi connectivity index (χ1v) is 7.10. The lowest BCUT2D eigenvalue weighted by Gasteiger charge is -2.08. The first-order valence-electron chi connectivity index (χ1n) is 6.22. The topological polar surface area (TPSA) is 52.6 Å². The van der Waals surface area contributed by atoms with Crippen molar-refractivity contribution >= 4 is 29.2 Å². The highest BCUT2D eigenvalue weighted by Gasteiger charge is 2.12. The van der Waals surface area contributed by atoms with Crippen LogP contribution in [-0.2, 0) is 4.79 Å². The van der Waals surface area contributed by atoms with Gasteiger partial charge in [0.15, 0.2) is 5.78 Å². The third-order valence-corrected chi connectivity index (χ3v) is 3.54. The van der Waals surface area contributed by atoms with Crippen LogP contribution in [0.15, 0.2) is 41.8 Å². The number of Topliss-reactive ketones (excluding diaryl/α,β-unsaturated/α-hetero) is 1. The lowest BCUT2D eigenvalue weighted by molar-refractivity contribution is -0.128. The second kappa shape index (κ2) is 6.85. The zero-order valence-corrected chi connectivity index (χ0v) is 12.5. The highest BCUT2D eigenvalue weighted by molar-refractivity contribution is 7.10. The maximum atomic E-state index is 11.8. The van der Waals surface area contributed by atoms with Gasteiger partial charge in [0, 0.05) is 17.0 Å². The first kappa shape index (κ1) is 15.0. The van der Waals surface area contributed by atoms with Gasteiger partial charge in [0.25, 0.3) is 0 Å². The van der Waals surface area contributed by atoms with Crippen LogP contribution in [-0.4, -0.2) is 18.9 Å². The van der Waals surface area contributed by atoms with Crippen molar-refractivity contribution < 1.29 is 19.1 Å². The van der Waals surface area contributed by atoms with Gasteiger partial charge < -0.3 is 9.47 Å². The molecule has 0 aliphatic heterocycles. The van der Waals surface area contributed by atoms with Crippen LogP contribution in [0, 0.1) is 0 Å². The van der Waals surface area contributed by atoms with Crippen molar-refractivity contribution in [3.8, 4) is 11.5 Å². The zero-order chi connectivity index (χ0) is 15.2. The number of thiophene rings is 1. The molecule has 0 amide bonds. The van der Waals surface area contributed by atoms with Crippen LogP contribution >= 0.6 is 11.3 Å². The van der Waals surface area contributed by atoms with E-state index in [1.165, 1.54) is 37.5 Å². The molecule has 0 unspecified atom stereocenters. The summed E-state index contributed by atoms with van der Waals surface area (Å²) in [6, 6.07) is 8.53. The SMILES string of the molecule is COc1ccc(C(C)=O)c(OC(=O)C=Cc2cccs2)c1. The quantitative estimate of drug-likeness (QED) is 0.367. The number of hydrogen-bond donors (Lipinski definition) is 0. The Hall–Kier alpha value is -2.40. The van der Waals surface area contributed by atoms with Gasteiger partial charge >= 0.3 is 5.97 Å². The van der Waals surface area contributed by atoms with Crippen LogP contribution in [0.2, 0.25) is 0 Å². The van der Waals surface area contributed by atoms with Crippen molar-refractivity contribution in [1.82, 2.24) is 0 Å². The van der Waals surface area contributed by atoms with E-state index >= 15 is 0 Å². The molecule has 5 heteroatoms. The van der Waals surface area contributed by atoms with E-state index in [4.69, 9.17) is 9.47 Å². The van der Waals surface area contributed by atoms with Gasteiger partial charge in [-0.1, -0.05) is 6.07 Å². The summed E-state index contributed by atoms with van der Waals surface area (Å²) in [6.45, 7) is 1.42. The summed E-state index contributed by atoms with van der Waals surface area (Å²) < 4.78 is 10.3. The van der Waals surface area contributed by atoms with E-state index in [9.17, 15) is 9.59 Å². The fourth-order valence-corrected chi connectivity index (χ4v) is 2.30. The Morgan fingerprint density at radius 1 is 1.24 bits per heavy atom. The fourth-order valence-electron chi connectivity index (χ4n) is 1.68. The maximum absolute atomic E-state index is 11.8. The summed E-state index contributed by atoms with van der Waals surface area (Å²) in [6.07, 6.45) is 3.00. The molecule has 0 spiro atoms. The standard InChI is InChI=1S/C16H14O4S/c1-11(17)14-7-5-12(19-2)10-15(14)20-16(18)8-6-13-4-3-9-21-13/h3-10H,1-2H3. The number of methoxy groups -OCH3 is 1. The Morgan fingerprint density at radius 2 is 2.05 bits per heavy atom. The minimum absolute atomic E-state index is 0.178. The second-order valence-corrected chi connectivity index (χ2v) is 5.17. The molecule has 0 bridgehead atoms. The molecule has 0 radical (unpaired) electrons. The highest BCUT2D eigenvalue weighted by atomic mass is 32.1. The molecule has 4 nitrogen and oxygen atoms in total. The Morgan fingerprint density at radius 3 is 2.67 bits per heavy atom. The number of hydrogen-bond acceptors (Lipinski definition) is 5. The first-order chi connectivity index (χ1) is 10.1. The summed E-state index contributed by atoms with van der Waals surface area (Å²) in [4.78, 5) is 24.3. The van der Waals surface area contributed by atoms with Crippen molar-refractivity contribution in [3.05, 3.63) is 52.2 Å². The number of carbonyl (C=O) groups is 2. The van der Waals surface area contributed by atoms with Crippen LogP contribution in [0.1, 0.15) is 22.2 Å². The molecular weight excluding hydrogens is 288 g/mol. The normalized spacial score (nSPS) is 10.6. The van der Waals surface area contributed by atoms with Crippen molar-refractivity contribution in [3.63, 3.8) is 0 Å². The van der Waals surface area contributed by atoms with Crippen LogP contribution in [0.4, 0.5) is 0 Å². The van der Waals surface area contributed by atoms with Gasteiger partial charge in [-0.2, -0.15) is 0 Å². The third-order valence-electron chi connectivity index (χ3n) is 2.71. The van der Waals surface area contributed by atoms with E-state index in [0.29, 0.717) is 11.3 Å². The van der Waals surface area contributed by atoms with Gasteiger partial charge in [-0.15, -0.1) is 11.3 Å². The van der Waals surface area contributed by atoms with Crippen LogP contribution in [0.3, 0.4) is 0 Å². The lowest BCUT2D eigenvalue weighted by atomic mass is 10.1. The molecule has 1 aromatic carbocycles. The molecule has 0 aliphatic rings. The molecule has 0 aliphatic carbocycles. The van der Waals surface area contributed by atoms with Crippen molar-refractivity contribution in [2.45, 2.75) is 6.92 Å². The summed E-state index contributed by atoms with van der Waals surface area (Å²) in [5, 5.41) is 1.92. The second-order valence-electron chi connectivity index (χ2n) is 4.19. The molecule has 0 saturated heterocycles. The van der Waals surface area contributed by atoms with E-state index < -0.39 is 5.97 Å². The Balaban J connectivity index is 2.17. The van der Waals surface area contributed by atoms with E-state index in [1.807, 2.05) is 17.5 Å². The number of ether oxygens (including phenoxy) is 2. The van der Waals surface area contributed by atoms with E-state index in [-0.39, 0.29) is 11.5 Å². The molecule has 2 aromatic rings. The summed E-state index contributed by atoms with van der Waals surface area (Å²) >= 11 is 1.52. The summed E-state index contributed by atoms with van der Waals surface area (Å²) in [7, 11) is 1.51. The molecule has 1 aromatic heterocycles. The Kier molecular flexibility index (Phi) is 4.90. The predicted octanol–water partition coefficient (Wildman–Crippen LogP) is 3.58. The van der Waals surface area contributed by atoms with Gasteiger partial charge in [-0.25, -0.2) is 4.79 Å². The lowest BCUT2D eigenvalue weighted by Crippen LogP contribution is -2.07. The molecule has 108 valence electrons. The smallest absolute Gasteiger partial charge is 0.336 e. The molecule has 0 fully saturated rings. The van der Waals surface area contributed by atoms with E-state index in [1.54, 1.807) is 18.2 Å². The van der Waals surface area contributed by atoms with Gasteiger partial charge in [0.1, 0.15) is 11.5 Å². The Bertz CT molecular complexity index is 672. The van der Waals surface area contributed by atoms with Crippen LogP contribution in [0.25, 0.3) is 6.08 Å². The molecule has 1 heterocycles. The average molecular weight is 302 g/mol. The minimum atomic E-state index is -0.542. The molecule has 2 rings (SSSR count). The summed E-state index contributed by atoms with van der Waals surface area (Å²) in [5.74, 6) is -0.00504. The number of rotatable bonds is 5. The van der Waals surface area contributed by atoms with Gasteiger partial charge in [0.2, 0.25) is 0 Å². The van der Waals surface area contributed by atoms with Crippen molar-refractivity contribution in [2.75, 3.05) is 7.11 Å². The van der Waals surface area contributed by atoms with Crippen LogP contribution < -0.4 is 9.47 Å². The predicted molar refractivity (Wildman–Crippen MR) is 82.0 cm³/mol. The minimum Gasteiger partial charge on any atom is -0.497 e. The summed E-state index contributed by atoms with van der Waals surface area (Å²) in [5.41, 5.74) is 0.341. The number of esters is 1. The van der Waals surface area contributed by atoms with Crippen molar-refractivity contribution in [2.24, 2.45) is 0 Å². The number of benzene rings is 1. The monoisotopic (exact) mass is 302 g/mol. The zero-order valence-electron chi connectivity index (χ0n) is 11.7. The van der Waals surface area contributed by atoms with Gasteiger partial charge in [-0.3, -0.25) is 4.79 Å². The van der Waals surface area contributed by atoms with Gasteiger partial charge in [-0.05, 0) is 36.6 Å². The number of carbonyl (C=O) groups excluding carboxylic acids is 2. The van der Waals surface area contributed by atoms with Gasteiger partial charge in [0.05, 0.1) is 12.7 Å². The molecule has 0 N–H and O–H groups in total. The van der Waals surface area contributed by atoms with Crippen LogP contribution in [0.5, 0.6) is 11.5 Å². The fraction of sp³-hybridized carbons (Fsp3) is 0.125. The third kappa shape index (κ3) is 4.03. The Labute approximate surface area is 126 Å². The van der Waals surface area contributed by atoms with E-state index in [0.717, 1.165) is 4.88 Å².